The molecule has 96 valence electrons. The Kier molecular flexibility index (Phi) is 3.05. The SMILES string of the molecule is CC(C(=O)NCc1cn2ccsc2n1)C1CNC1. The van der Waals surface area contributed by atoms with Gasteiger partial charge in [-0.3, -0.25) is 9.20 Å². The standard InChI is InChI=1S/C12H16N4OS/c1-8(9-4-13-5-9)11(17)14-6-10-7-16-2-3-18-12(16)15-10/h2-3,7-9,13H,4-6H2,1H3,(H,14,17). The van der Waals surface area contributed by atoms with Gasteiger partial charge in [-0.1, -0.05) is 6.92 Å². The van der Waals surface area contributed by atoms with E-state index in [1.54, 1.807) is 11.3 Å². The molecule has 1 amide bonds. The summed E-state index contributed by atoms with van der Waals surface area (Å²) in [5.41, 5.74) is 0.911. The van der Waals surface area contributed by atoms with Gasteiger partial charge in [0, 0.05) is 23.7 Å². The summed E-state index contributed by atoms with van der Waals surface area (Å²) in [6, 6.07) is 0. The molecule has 0 bridgehead atoms. The highest BCUT2D eigenvalue weighted by Crippen LogP contribution is 2.16. The quantitative estimate of drug-likeness (QED) is 0.861. The smallest absolute Gasteiger partial charge is 0.223 e. The number of carbonyl (C=O) groups is 1. The van der Waals surface area contributed by atoms with Crippen LogP contribution in [0.3, 0.4) is 0 Å². The highest BCUT2D eigenvalue weighted by atomic mass is 32.1. The second-order valence-corrected chi connectivity index (χ2v) is 5.62. The van der Waals surface area contributed by atoms with Crippen molar-refractivity contribution in [1.82, 2.24) is 20.0 Å². The lowest BCUT2D eigenvalue weighted by atomic mass is 9.88. The maximum atomic E-state index is 11.9. The number of carbonyl (C=O) groups excluding carboxylic acids is 1. The summed E-state index contributed by atoms with van der Waals surface area (Å²) in [5, 5.41) is 8.15. The summed E-state index contributed by atoms with van der Waals surface area (Å²) in [7, 11) is 0. The van der Waals surface area contributed by atoms with Gasteiger partial charge in [-0.2, -0.15) is 0 Å². The van der Waals surface area contributed by atoms with Crippen LogP contribution >= 0.6 is 11.3 Å². The van der Waals surface area contributed by atoms with Crippen molar-refractivity contribution < 1.29 is 4.79 Å². The van der Waals surface area contributed by atoms with Gasteiger partial charge in [-0.05, 0) is 19.0 Å². The third-order valence-corrected chi connectivity index (χ3v) is 4.29. The molecule has 6 heteroatoms. The fourth-order valence-electron chi connectivity index (χ4n) is 2.08. The van der Waals surface area contributed by atoms with Crippen molar-refractivity contribution in [3.8, 4) is 0 Å². The number of hydrogen-bond donors (Lipinski definition) is 2. The molecule has 1 aliphatic heterocycles. The Morgan fingerprint density at radius 1 is 1.72 bits per heavy atom. The minimum atomic E-state index is 0.0787. The first-order valence-electron chi connectivity index (χ1n) is 6.13. The molecule has 1 unspecified atom stereocenters. The van der Waals surface area contributed by atoms with Gasteiger partial charge in [0.2, 0.25) is 5.91 Å². The number of nitrogens with one attached hydrogen (secondary N) is 2. The first-order chi connectivity index (χ1) is 8.74. The summed E-state index contributed by atoms with van der Waals surface area (Å²) >= 11 is 1.60. The Morgan fingerprint density at radius 2 is 2.56 bits per heavy atom. The molecule has 2 aromatic rings. The number of amides is 1. The molecule has 1 atom stereocenters. The Morgan fingerprint density at radius 3 is 3.22 bits per heavy atom. The van der Waals surface area contributed by atoms with Gasteiger partial charge in [0.1, 0.15) is 0 Å². The predicted octanol–water partition coefficient (Wildman–Crippen LogP) is 0.867. The van der Waals surface area contributed by atoms with E-state index in [2.05, 4.69) is 15.6 Å². The van der Waals surface area contributed by atoms with Gasteiger partial charge >= 0.3 is 0 Å². The molecule has 0 radical (unpaired) electrons. The van der Waals surface area contributed by atoms with Gasteiger partial charge in [-0.25, -0.2) is 4.98 Å². The topological polar surface area (TPSA) is 58.4 Å². The van der Waals surface area contributed by atoms with Crippen LogP contribution in [0.25, 0.3) is 4.96 Å². The normalized spacial score (nSPS) is 17.6. The molecule has 3 heterocycles. The maximum absolute atomic E-state index is 11.9. The molecule has 0 spiro atoms. The van der Waals surface area contributed by atoms with E-state index < -0.39 is 0 Å². The number of rotatable bonds is 4. The van der Waals surface area contributed by atoms with Gasteiger partial charge in [0.15, 0.2) is 4.96 Å². The fraction of sp³-hybridized carbons (Fsp3) is 0.500. The minimum absolute atomic E-state index is 0.0787. The highest BCUT2D eigenvalue weighted by Gasteiger charge is 2.28. The summed E-state index contributed by atoms with van der Waals surface area (Å²) in [4.78, 5) is 17.3. The lowest BCUT2D eigenvalue weighted by molar-refractivity contribution is -0.126. The van der Waals surface area contributed by atoms with Crippen LogP contribution in [0, 0.1) is 11.8 Å². The largest absolute Gasteiger partial charge is 0.350 e. The molecule has 0 saturated carbocycles. The number of aromatic nitrogens is 2. The van der Waals surface area contributed by atoms with Crippen molar-refractivity contribution in [3.63, 3.8) is 0 Å². The van der Waals surface area contributed by atoms with E-state index in [-0.39, 0.29) is 11.8 Å². The number of nitrogens with zero attached hydrogens (tertiary/aromatic N) is 2. The van der Waals surface area contributed by atoms with Crippen molar-refractivity contribution in [1.29, 1.82) is 0 Å². The highest BCUT2D eigenvalue weighted by molar-refractivity contribution is 7.15. The van der Waals surface area contributed by atoms with E-state index in [1.165, 1.54) is 0 Å². The van der Waals surface area contributed by atoms with Crippen LogP contribution in [0.1, 0.15) is 12.6 Å². The van der Waals surface area contributed by atoms with Crippen LogP contribution in [-0.4, -0.2) is 28.4 Å². The van der Waals surface area contributed by atoms with Gasteiger partial charge in [-0.15, -0.1) is 11.3 Å². The second kappa shape index (κ2) is 4.70. The lowest BCUT2D eigenvalue weighted by Gasteiger charge is -2.31. The molecule has 2 N–H and O–H groups in total. The zero-order valence-corrected chi connectivity index (χ0v) is 11.0. The summed E-state index contributed by atoms with van der Waals surface area (Å²) < 4.78 is 1.98. The summed E-state index contributed by atoms with van der Waals surface area (Å²) in [6.07, 6.45) is 3.93. The van der Waals surface area contributed by atoms with E-state index >= 15 is 0 Å². The number of imidazole rings is 1. The van der Waals surface area contributed by atoms with Crippen molar-refractivity contribution in [2.24, 2.45) is 11.8 Å². The molecule has 3 rings (SSSR count). The Balaban J connectivity index is 1.57. The van der Waals surface area contributed by atoms with Crippen LogP contribution in [0.2, 0.25) is 0 Å². The van der Waals surface area contributed by atoms with E-state index in [0.29, 0.717) is 12.5 Å². The summed E-state index contributed by atoms with van der Waals surface area (Å²) in [5.74, 6) is 0.684. The van der Waals surface area contributed by atoms with Crippen molar-refractivity contribution in [2.45, 2.75) is 13.5 Å². The van der Waals surface area contributed by atoms with E-state index in [0.717, 1.165) is 23.7 Å². The molecule has 1 saturated heterocycles. The number of hydrogen-bond acceptors (Lipinski definition) is 4. The van der Waals surface area contributed by atoms with Crippen LogP contribution < -0.4 is 10.6 Å². The van der Waals surface area contributed by atoms with E-state index in [4.69, 9.17) is 0 Å². The summed E-state index contributed by atoms with van der Waals surface area (Å²) in [6.45, 7) is 4.41. The van der Waals surface area contributed by atoms with Gasteiger partial charge < -0.3 is 10.6 Å². The molecular weight excluding hydrogens is 248 g/mol. The zero-order chi connectivity index (χ0) is 12.5. The van der Waals surface area contributed by atoms with E-state index in [1.807, 2.05) is 29.1 Å². The van der Waals surface area contributed by atoms with Crippen molar-refractivity contribution in [2.75, 3.05) is 13.1 Å². The lowest BCUT2D eigenvalue weighted by Crippen LogP contribution is -2.49. The monoisotopic (exact) mass is 264 g/mol. The van der Waals surface area contributed by atoms with Crippen LogP contribution in [-0.2, 0) is 11.3 Å². The minimum Gasteiger partial charge on any atom is -0.350 e. The average Bonchev–Trinajstić information content (AvgIpc) is 2.83. The van der Waals surface area contributed by atoms with Gasteiger partial charge in [0.05, 0.1) is 12.2 Å². The molecule has 5 nitrogen and oxygen atoms in total. The molecule has 1 fully saturated rings. The third kappa shape index (κ3) is 2.13. The average molecular weight is 264 g/mol. The molecular formula is C12H16N4OS. The van der Waals surface area contributed by atoms with Gasteiger partial charge in [0.25, 0.3) is 0 Å². The number of fused-ring (bicyclic) bond motifs is 1. The first-order valence-corrected chi connectivity index (χ1v) is 7.01. The molecule has 0 aliphatic carbocycles. The predicted molar refractivity (Wildman–Crippen MR) is 70.4 cm³/mol. The molecule has 0 aromatic carbocycles. The molecule has 1 aliphatic rings. The van der Waals surface area contributed by atoms with Crippen molar-refractivity contribution in [3.05, 3.63) is 23.5 Å². The Hall–Kier alpha value is -1.40. The third-order valence-electron chi connectivity index (χ3n) is 3.52. The van der Waals surface area contributed by atoms with Crippen LogP contribution in [0.15, 0.2) is 17.8 Å². The Bertz CT molecular complexity index is 529. The maximum Gasteiger partial charge on any atom is 0.223 e. The first kappa shape index (κ1) is 11.7. The molecule has 18 heavy (non-hydrogen) atoms. The van der Waals surface area contributed by atoms with E-state index in [9.17, 15) is 4.79 Å². The fourth-order valence-corrected chi connectivity index (χ4v) is 2.80. The van der Waals surface area contributed by atoms with Crippen LogP contribution in [0.4, 0.5) is 0 Å². The zero-order valence-electron chi connectivity index (χ0n) is 10.2. The van der Waals surface area contributed by atoms with Crippen LogP contribution in [0.5, 0.6) is 0 Å². The second-order valence-electron chi connectivity index (χ2n) is 4.75. The Labute approximate surface area is 109 Å². The van der Waals surface area contributed by atoms with Crippen molar-refractivity contribution >= 4 is 22.2 Å². The molecule has 2 aromatic heterocycles. The number of thiazole rings is 1.